The van der Waals surface area contributed by atoms with Gasteiger partial charge in [-0.05, 0) is 31.0 Å². The summed E-state index contributed by atoms with van der Waals surface area (Å²) in [6.07, 6.45) is 6.61. The SMILES string of the molecule is NC(CCl)=Nc1ccc2nc(C3CCCCC3)sc2c1. The van der Waals surface area contributed by atoms with Gasteiger partial charge in [0.1, 0.15) is 5.84 Å². The molecule has 2 aromatic rings. The number of amidine groups is 1. The largest absolute Gasteiger partial charge is 0.386 e. The zero-order valence-corrected chi connectivity index (χ0v) is 12.9. The van der Waals surface area contributed by atoms with Gasteiger partial charge in [0, 0.05) is 5.92 Å². The molecular weight excluding hydrogens is 290 g/mol. The molecule has 0 atom stereocenters. The molecular formula is C15H18ClN3S. The highest BCUT2D eigenvalue weighted by atomic mass is 35.5. The number of nitrogens with zero attached hydrogens (tertiary/aromatic N) is 2. The normalized spacial score (nSPS) is 17.8. The molecule has 1 aromatic carbocycles. The number of fused-ring (bicyclic) bond motifs is 1. The Labute approximate surface area is 127 Å². The first-order chi connectivity index (χ1) is 9.76. The van der Waals surface area contributed by atoms with Gasteiger partial charge in [-0.25, -0.2) is 9.98 Å². The third-order valence-electron chi connectivity index (χ3n) is 3.75. The van der Waals surface area contributed by atoms with E-state index in [1.54, 1.807) is 11.3 Å². The van der Waals surface area contributed by atoms with Crippen molar-refractivity contribution in [3.8, 4) is 0 Å². The second kappa shape index (κ2) is 6.10. The molecule has 0 radical (unpaired) electrons. The first-order valence-electron chi connectivity index (χ1n) is 7.06. The number of nitrogens with two attached hydrogens (primary N) is 1. The number of alkyl halides is 1. The molecule has 0 bridgehead atoms. The molecule has 1 aliphatic rings. The second-order valence-electron chi connectivity index (χ2n) is 5.28. The summed E-state index contributed by atoms with van der Waals surface area (Å²) < 4.78 is 1.19. The number of aromatic nitrogens is 1. The third kappa shape index (κ3) is 2.96. The number of hydrogen-bond donors (Lipinski definition) is 1. The first kappa shape index (κ1) is 13.8. The fraction of sp³-hybridized carbons (Fsp3) is 0.467. The highest BCUT2D eigenvalue weighted by Crippen LogP contribution is 2.37. The monoisotopic (exact) mass is 307 g/mol. The van der Waals surface area contributed by atoms with Gasteiger partial charge in [0.25, 0.3) is 0 Å². The molecule has 3 rings (SSSR count). The van der Waals surface area contributed by atoms with Crippen molar-refractivity contribution in [3.05, 3.63) is 23.2 Å². The smallest absolute Gasteiger partial charge is 0.115 e. The Bertz CT molecular complexity index is 629. The molecule has 3 nitrogen and oxygen atoms in total. The van der Waals surface area contributed by atoms with E-state index in [9.17, 15) is 0 Å². The number of halogens is 1. The van der Waals surface area contributed by atoms with E-state index >= 15 is 0 Å². The Morgan fingerprint density at radius 2 is 2.15 bits per heavy atom. The summed E-state index contributed by atoms with van der Waals surface area (Å²) in [5.74, 6) is 1.36. The van der Waals surface area contributed by atoms with Crippen molar-refractivity contribution in [3.63, 3.8) is 0 Å². The van der Waals surface area contributed by atoms with E-state index in [1.807, 2.05) is 12.1 Å². The van der Waals surface area contributed by atoms with Crippen LogP contribution in [0.25, 0.3) is 10.2 Å². The van der Waals surface area contributed by atoms with E-state index in [-0.39, 0.29) is 5.88 Å². The van der Waals surface area contributed by atoms with Crippen molar-refractivity contribution >= 4 is 44.7 Å². The number of hydrogen-bond acceptors (Lipinski definition) is 3. The van der Waals surface area contributed by atoms with Gasteiger partial charge >= 0.3 is 0 Å². The van der Waals surface area contributed by atoms with Crippen LogP contribution in [0.3, 0.4) is 0 Å². The molecule has 1 heterocycles. The van der Waals surface area contributed by atoms with Crippen LogP contribution in [0, 0.1) is 0 Å². The number of thiazole rings is 1. The Hall–Kier alpha value is -1.13. The van der Waals surface area contributed by atoms with Gasteiger partial charge in [0.2, 0.25) is 0 Å². The van der Waals surface area contributed by atoms with Crippen LogP contribution in [-0.2, 0) is 0 Å². The summed E-state index contributed by atoms with van der Waals surface area (Å²) in [6, 6.07) is 6.03. The van der Waals surface area contributed by atoms with Crippen LogP contribution in [0.4, 0.5) is 5.69 Å². The maximum atomic E-state index is 5.68. The van der Waals surface area contributed by atoms with Crippen molar-refractivity contribution in [1.82, 2.24) is 4.98 Å². The van der Waals surface area contributed by atoms with Crippen LogP contribution in [-0.4, -0.2) is 16.7 Å². The fourth-order valence-corrected chi connectivity index (χ4v) is 3.95. The summed E-state index contributed by atoms with van der Waals surface area (Å²) in [7, 11) is 0. The predicted octanol–water partition coefficient (Wildman–Crippen LogP) is 4.57. The predicted molar refractivity (Wildman–Crippen MR) is 87.4 cm³/mol. The van der Waals surface area contributed by atoms with E-state index in [0.29, 0.717) is 11.8 Å². The maximum Gasteiger partial charge on any atom is 0.115 e. The summed E-state index contributed by atoms with van der Waals surface area (Å²) in [6.45, 7) is 0. The van der Waals surface area contributed by atoms with Gasteiger partial charge in [-0.3, -0.25) is 0 Å². The molecule has 0 amide bonds. The van der Waals surface area contributed by atoms with Crippen molar-refractivity contribution in [1.29, 1.82) is 0 Å². The van der Waals surface area contributed by atoms with E-state index in [1.165, 1.54) is 41.8 Å². The number of aliphatic imine (C=N–C) groups is 1. The van der Waals surface area contributed by atoms with Gasteiger partial charge in [0.05, 0.1) is 26.8 Å². The number of benzene rings is 1. The van der Waals surface area contributed by atoms with E-state index in [2.05, 4.69) is 11.1 Å². The van der Waals surface area contributed by atoms with Gasteiger partial charge in [0.15, 0.2) is 0 Å². The summed E-state index contributed by atoms with van der Waals surface area (Å²) in [5, 5.41) is 1.28. The molecule has 0 saturated heterocycles. The van der Waals surface area contributed by atoms with Crippen LogP contribution >= 0.6 is 22.9 Å². The molecule has 1 fully saturated rings. The quantitative estimate of drug-likeness (QED) is 0.513. The summed E-state index contributed by atoms with van der Waals surface area (Å²) in [5.41, 5.74) is 7.60. The van der Waals surface area contributed by atoms with Crippen LogP contribution < -0.4 is 5.73 Å². The summed E-state index contributed by atoms with van der Waals surface area (Å²) in [4.78, 5) is 9.08. The van der Waals surface area contributed by atoms with Crippen LogP contribution in [0.15, 0.2) is 23.2 Å². The van der Waals surface area contributed by atoms with Crippen LogP contribution in [0.2, 0.25) is 0 Å². The Morgan fingerprint density at radius 3 is 2.90 bits per heavy atom. The minimum Gasteiger partial charge on any atom is -0.386 e. The maximum absolute atomic E-state index is 5.68. The van der Waals surface area contributed by atoms with Gasteiger partial charge in [-0.1, -0.05) is 19.3 Å². The lowest BCUT2D eigenvalue weighted by Gasteiger charge is -2.18. The van der Waals surface area contributed by atoms with Crippen molar-refractivity contribution in [2.45, 2.75) is 38.0 Å². The fourth-order valence-electron chi connectivity index (χ4n) is 2.72. The molecule has 2 N–H and O–H groups in total. The molecule has 0 unspecified atom stereocenters. The lowest BCUT2D eigenvalue weighted by Crippen LogP contribution is -2.12. The minimum absolute atomic E-state index is 0.258. The standard InChI is InChI=1S/C15H18ClN3S/c16-9-14(17)18-11-6-7-12-13(8-11)20-15(19-12)10-4-2-1-3-5-10/h6-8,10H,1-5,9H2,(H2,17,18). The zero-order chi connectivity index (χ0) is 13.9. The Kier molecular flexibility index (Phi) is 4.22. The lowest BCUT2D eigenvalue weighted by atomic mass is 9.90. The van der Waals surface area contributed by atoms with E-state index in [4.69, 9.17) is 22.3 Å². The van der Waals surface area contributed by atoms with Gasteiger partial charge in [-0.15, -0.1) is 22.9 Å². The van der Waals surface area contributed by atoms with Gasteiger partial charge < -0.3 is 5.73 Å². The van der Waals surface area contributed by atoms with Crippen molar-refractivity contribution < 1.29 is 0 Å². The Balaban J connectivity index is 1.90. The molecule has 20 heavy (non-hydrogen) atoms. The van der Waals surface area contributed by atoms with E-state index < -0.39 is 0 Å². The molecule has 1 aliphatic carbocycles. The van der Waals surface area contributed by atoms with Crippen LogP contribution in [0.5, 0.6) is 0 Å². The molecule has 1 saturated carbocycles. The van der Waals surface area contributed by atoms with Gasteiger partial charge in [-0.2, -0.15) is 0 Å². The van der Waals surface area contributed by atoms with Crippen molar-refractivity contribution in [2.24, 2.45) is 10.7 Å². The first-order valence-corrected chi connectivity index (χ1v) is 8.41. The summed E-state index contributed by atoms with van der Waals surface area (Å²) >= 11 is 7.46. The average molecular weight is 308 g/mol. The number of rotatable bonds is 3. The minimum atomic E-state index is 0.258. The van der Waals surface area contributed by atoms with E-state index in [0.717, 1.165) is 11.2 Å². The third-order valence-corrected chi connectivity index (χ3v) is 5.21. The topological polar surface area (TPSA) is 51.3 Å². The van der Waals surface area contributed by atoms with Crippen molar-refractivity contribution in [2.75, 3.05) is 5.88 Å². The lowest BCUT2D eigenvalue weighted by molar-refractivity contribution is 0.443. The molecule has 106 valence electrons. The zero-order valence-electron chi connectivity index (χ0n) is 11.3. The molecule has 0 spiro atoms. The molecule has 1 aromatic heterocycles. The molecule has 0 aliphatic heterocycles. The highest BCUT2D eigenvalue weighted by Gasteiger charge is 2.19. The Morgan fingerprint density at radius 1 is 1.35 bits per heavy atom. The van der Waals surface area contributed by atoms with Crippen LogP contribution in [0.1, 0.15) is 43.0 Å². The highest BCUT2D eigenvalue weighted by molar-refractivity contribution is 7.18. The molecule has 5 heteroatoms. The average Bonchev–Trinajstić information content (AvgIpc) is 2.91. The second-order valence-corrected chi connectivity index (χ2v) is 6.61.